The van der Waals surface area contributed by atoms with E-state index in [-0.39, 0.29) is 18.6 Å². The van der Waals surface area contributed by atoms with E-state index in [0.717, 1.165) is 45.3 Å². The summed E-state index contributed by atoms with van der Waals surface area (Å²) < 4.78 is 0. The Morgan fingerprint density at radius 2 is 2.06 bits per heavy atom. The lowest BCUT2D eigenvalue weighted by molar-refractivity contribution is -0.132. The Labute approximate surface area is 104 Å². The normalized spacial score (nSPS) is 19.4. The number of rotatable bonds is 7. The number of hydrogen-bond acceptors (Lipinski definition) is 3. The molecule has 0 aromatic carbocycles. The largest absolute Gasteiger partial charge is 0.396 e. The first-order valence-electron chi connectivity index (χ1n) is 6.82. The molecule has 1 amide bonds. The van der Waals surface area contributed by atoms with Gasteiger partial charge in [-0.05, 0) is 38.6 Å². The highest BCUT2D eigenvalue weighted by atomic mass is 16.3. The molecule has 0 saturated carbocycles. The highest BCUT2D eigenvalue weighted by Crippen LogP contribution is 2.10. The van der Waals surface area contributed by atoms with Crippen molar-refractivity contribution in [2.75, 3.05) is 26.2 Å². The lowest BCUT2D eigenvalue weighted by Gasteiger charge is -2.23. The van der Waals surface area contributed by atoms with Crippen molar-refractivity contribution in [3.05, 3.63) is 0 Å². The summed E-state index contributed by atoms with van der Waals surface area (Å²) >= 11 is 0. The molecule has 0 spiro atoms. The second-order valence-electron chi connectivity index (χ2n) is 4.95. The van der Waals surface area contributed by atoms with Crippen molar-refractivity contribution in [1.82, 2.24) is 10.2 Å². The number of carbonyl (C=O) groups excluding carboxylic acids is 1. The van der Waals surface area contributed by atoms with Gasteiger partial charge in [-0.25, -0.2) is 0 Å². The minimum atomic E-state index is -0.0964. The molecule has 0 radical (unpaired) electrons. The van der Waals surface area contributed by atoms with Crippen molar-refractivity contribution >= 4 is 5.91 Å². The van der Waals surface area contributed by atoms with E-state index in [1.807, 2.05) is 11.8 Å². The molecule has 1 saturated heterocycles. The van der Waals surface area contributed by atoms with E-state index in [0.29, 0.717) is 5.92 Å². The number of hydrogen-bond donors (Lipinski definition) is 2. The number of nitrogens with one attached hydrogen (secondary N) is 1. The fourth-order valence-electron chi connectivity index (χ4n) is 2.28. The molecule has 100 valence electrons. The van der Waals surface area contributed by atoms with Gasteiger partial charge in [0.2, 0.25) is 5.91 Å². The van der Waals surface area contributed by atoms with Gasteiger partial charge in [0.25, 0.3) is 0 Å². The van der Waals surface area contributed by atoms with Crippen LogP contribution >= 0.6 is 0 Å². The molecule has 1 aliphatic heterocycles. The van der Waals surface area contributed by atoms with Crippen LogP contribution in [-0.2, 0) is 4.79 Å². The molecule has 0 bridgehead atoms. The number of aliphatic hydroxyl groups is 1. The molecule has 0 aliphatic carbocycles. The van der Waals surface area contributed by atoms with Crippen LogP contribution in [0, 0.1) is 5.92 Å². The first-order valence-corrected chi connectivity index (χ1v) is 6.82. The minimum absolute atomic E-state index is 0.0964. The van der Waals surface area contributed by atoms with Gasteiger partial charge in [-0.1, -0.05) is 13.3 Å². The summed E-state index contributed by atoms with van der Waals surface area (Å²) in [7, 11) is 0. The lowest BCUT2D eigenvalue weighted by Crippen LogP contribution is -2.45. The van der Waals surface area contributed by atoms with Crippen LogP contribution in [0.25, 0.3) is 0 Å². The smallest absolute Gasteiger partial charge is 0.239 e. The summed E-state index contributed by atoms with van der Waals surface area (Å²) in [6.07, 6.45) is 4.13. The molecule has 1 rings (SSSR count). The SMILES string of the molecule is CCC(CCO)CNC(C)C(=O)N1CCCC1. The van der Waals surface area contributed by atoms with E-state index in [9.17, 15) is 4.79 Å². The van der Waals surface area contributed by atoms with Crippen molar-refractivity contribution in [1.29, 1.82) is 0 Å². The summed E-state index contributed by atoms with van der Waals surface area (Å²) in [4.78, 5) is 14.0. The Hall–Kier alpha value is -0.610. The molecule has 1 heterocycles. The zero-order valence-electron chi connectivity index (χ0n) is 11.1. The van der Waals surface area contributed by atoms with Gasteiger partial charge in [0.15, 0.2) is 0 Å². The number of likely N-dealkylation sites (tertiary alicyclic amines) is 1. The molecule has 0 aromatic rings. The van der Waals surface area contributed by atoms with Gasteiger partial charge in [0.1, 0.15) is 0 Å². The molecule has 17 heavy (non-hydrogen) atoms. The van der Waals surface area contributed by atoms with E-state index in [1.165, 1.54) is 0 Å². The van der Waals surface area contributed by atoms with Crippen molar-refractivity contribution < 1.29 is 9.90 Å². The quantitative estimate of drug-likeness (QED) is 0.700. The summed E-state index contributed by atoms with van der Waals surface area (Å²) in [5.41, 5.74) is 0. The maximum absolute atomic E-state index is 12.0. The van der Waals surface area contributed by atoms with Crippen molar-refractivity contribution in [3.8, 4) is 0 Å². The van der Waals surface area contributed by atoms with Crippen molar-refractivity contribution in [2.45, 2.75) is 45.6 Å². The van der Waals surface area contributed by atoms with Crippen LogP contribution in [0.5, 0.6) is 0 Å². The fourth-order valence-corrected chi connectivity index (χ4v) is 2.28. The number of nitrogens with zero attached hydrogens (tertiary/aromatic N) is 1. The van der Waals surface area contributed by atoms with Gasteiger partial charge < -0.3 is 15.3 Å². The maximum atomic E-state index is 12.0. The zero-order chi connectivity index (χ0) is 12.7. The average Bonchev–Trinajstić information content (AvgIpc) is 2.86. The van der Waals surface area contributed by atoms with Gasteiger partial charge in [-0.2, -0.15) is 0 Å². The first-order chi connectivity index (χ1) is 8.19. The van der Waals surface area contributed by atoms with Crippen LogP contribution in [0.15, 0.2) is 0 Å². The third-order valence-electron chi connectivity index (χ3n) is 3.62. The average molecular weight is 242 g/mol. The Balaban J connectivity index is 2.27. The Morgan fingerprint density at radius 1 is 1.41 bits per heavy atom. The van der Waals surface area contributed by atoms with Crippen LogP contribution in [0.4, 0.5) is 0 Å². The summed E-state index contributed by atoms with van der Waals surface area (Å²) in [6, 6.07) is -0.0964. The predicted octanol–water partition coefficient (Wildman–Crippen LogP) is 0.995. The van der Waals surface area contributed by atoms with Crippen molar-refractivity contribution in [2.24, 2.45) is 5.92 Å². The molecule has 4 nitrogen and oxygen atoms in total. The molecule has 2 N–H and O–H groups in total. The molecule has 1 fully saturated rings. The zero-order valence-corrected chi connectivity index (χ0v) is 11.1. The monoisotopic (exact) mass is 242 g/mol. The van der Waals surface area contributed by atoms with Gasteiger partial charge in [0, 0.05) is 19.7 Å². The molecule has 0 aromatic heterocycles. The van der Waals surface area contributed by atoms with Gasteiger partial charge in [0.05, 0.1) is 6.04 Å². The molecule has 4 heteroatoms. The summed E-state index contributed by atoms with van der Waals surface area (Å²) in [5.74, 6) is 0.690. The predicted molar refractivity (Wildman–Crippen MR) is 68.8 cm³/mol. The molecule has 1 aliphatic rings. The van der Waals surface area contributed by atoms with Crippen LogP contribution in [0.3, 0.4) is 0 Å². The standard InChI is InChI=1S/C13H26N2O2/c1-3-12(6-9-16)10-14-11(2)13(17)15-7-4-5-8-15/h11-12,14,16H,3-10H2,1-2H3. The van der Waals surface area contributed by atoms with Gasteiger partial charge in [-0.3, -0.25) is 4.79 Å². The highest BCUT2D eigenvalue weighted by molar-refractivity contribution is 5.81. The third kappa shape index (κ3) is 4.64. The second kappa shape index (κ2) is 7.67. The molecular formula is C13H26N2O2. The van der Waals surface area contributed by atoms with E-state index >= 15 is 0 Å². The first kappa shape index (κ1) is 14.5. The minimum Gasteiger partial charge on any atom is -0.396 e. The Kier molecular flexibility index (Phi) is 6.52. The number of carbonyl (C=O) groups is 1. The van der Waals surface area contributed by atoms with Crippen LogP contribution in [0.1, 0.15) is 39.5 Å². The fraction of sp³-hybridized carbons (Fsp3) is 0.923. The van der Waals surface area contributed by atoms with E-state index < -0.39 is 0 Å². The Morgan fingerprint density at radius 3 is 2.59 bits per heavy atom. The van der Waals surface area contributed by atoms with Crippen LogP contribution in [-0.4, -0.2) is 48.2 Å². The number of amides is 1. The topological polar surface area (TPSA) is 52.6 Å². The van der Waals surface area contributed by atoms with Gasteiger partial charge >= 0.3 is 0 Å². The molecule has 2 unspecified atom stereocenters. The Bertz CT molecular complexity index is 227. The summed E-state index contributed by atoms with van der Waals surface area (Å²) in [5, 5.41) is 12.2. The van der Waals surface area contributed by atoms with Crippen LogP contribution < -0.4 is 5.32 Å². The van der Waals surface area contributed by atoms with Crippen LogP contribution in [0.2, 0.25) is 0 Å². The molecular weight excluding hydrogens is 216 g/mol. The van der Waals surface area contributed by atoms with E-state index in [2.05, 4.69) is 12.2 Å². The van der Waals surface area contributed by atoms with Crippen molar-refractivity contribution in [3.63, 3.8) is 0 Å². The van der Waals surface area contributed by atoms with Gasteiger partial charge in [-0.15, -0.1) is 0 Å². The van der Waals surface area contributed by atoms with E-state index in [4.69, 9.17) is 5.11 Å². The number of aliphatic hydroxyl groups excluding tert-OH is 1. The summed E-state index contributed by atoms with van der Waals surface area (Å²) in [6.45, 7) is 6.94. The van der Waals surface area contributed by atoms with E-state index in [1.54, 1.807) is 0 Å². The maximum Gasteiger partial charge on any atom is 0.239 e. The highest BCUT2D eigenvalue weighted by Gasteiger charge is 2.23. The third-order valence-corrected chi connectivity index (χ3v) is 3.62. The lowest BCUT2D eigenvalue weighted by atomic mass is 10.0. The molecule has 2 atom stereocenters. The second-order valence-corrected chi connectivity index (χ2v) is 4.95.